The maximum Gasteiger partial charge on any atom is 0.106 e. The molecular weight excluding hydrogens is 220 g/mol. The summed E-state index contributed by atoms with van der Waals surface area (Å²) in [4.78, 5) is 4.72. The van der Waals surface area contributed by atoms with Gasteiger partial charge < -0.3 is 4.57 Å². The lowest BCUT2D eigenvalue weighted by atomic mass is 9.82. The third-order valence-electron chi connectivity index (χ3n) is 4.50. The van der Waals surface area contributed by atoms with Crippen molar-refractivity contribution in [1.82, 2.24) is 9.55 Å². The molecule has 0 amide bonds. The smallest absolute Gasteiger partial charge is 0.106 e. The number of nitrogens with zero attached hydrogens (tertiary/aromatic N) is 2. The zero-order valence-corrected chi connectivity index (χ0v) is 11.4. The molecule has 1 heterocycles. The van der Waals surface area contributed by atoms with E-state index in [9.17, 15) is 0 Å². The minimum atomic E-state index is 0.663. The van der Waals surface area contributed by atoms with Crippen molar-refractivity contribution in [2.24, 2.45) is 5.92 Å². The predicted octanol–water partition coefficient (Wildman–Crippen LogP) is 4.49. The van der Waals surface area contributed by atoms with Gasteiger partial charge in [-0.15, -0.1) is 0 Å². The second-order valence-electron chi connectivity index (χ2n) is 5.54. The topological polar surface area (TPSA) is 17.8 Å². The summed E-state index contributed by atoms with van der Waals surface area (Å²) in [6.45, 7) is 4.48. The number of hydrogen-bond donors (Lipinski definition) is 0. The second kappa shape index (κ2) is 4.75. The van der Waals surface area contributed by atoms with Crippen molar-refractivity contribution < 1.29 is 0 Å². The Morgan fingerprint density at radius 3 is 2.83 bits per heavy atom. The third-order valence-corrected chi connectivity index (χ3v) is 4.50. The van der Waals surface area contributed by atoms with Crippen molar-refractivity contribution in [2.45, 2.75) is 52.0 Å². The maximum atomic E-state index is 4.72. The summed E-state index contributed by atoms with van der Waals surface area (Å²) < 4.78 is 2.50. The molecule has 1 aromatic heterocycles. The SMILES string of the molecule is CCC1CCCCC1n1c(C)nc2ccccc21. The molecule has 0 radical (unpaired) electrons. The van der Waals surface area contributed by atoms with Crippen LogP contribution in [-0.4, -0.2) is 9.55 Å². The van der Waals surface area contributed by atoms with Gasteiger partial charge in [0, 0.05) is 6.04 Å². The Bertz CT molecular complexity index is 541. The van der Waals surface area contributed by atoms with E-state index in [1.165, 1.54) is 43.4 Å². The molecule has 96 valence electrons. The molecule has 1 saturated carbocycles. The van der Waals surface area contributed by atoms with Gasteiger partial charge in [-0.05, 0) is 37.8 Å². The molecule has 2 nitrogen and oxygen atoms in total. The van der Waals surface area contributed by atoms with Crippen LogP contribution in [0.25, 0.3) is 11.0 Å². The Kier molecular flexibility index (Phi) is 3.11. The van der Waals surface area contributed by atoms with Crippen LogP contribution >= 0.6 is 0 Å². The highest BCUT2D eigenvalue weighted by Gasteiger charge is 2.27. The van der Waals surface area contributed by atoms with Crippen LogP contribution in [-0.2, 0) is 0 Å². The van der Waals surface area contributed by atoms with E-state index in [4.69, 9.17) is 4.98 Å². The summed E-state index contributed by atoms with van der Waals surface area (Å²) in [7, 11) is 0. The summed E-state index contributed by atoms with van der Waals surface area (Å²) in [6.07, 6.45) is 6.76. The lowest BCUT2D eigenvalue weighted by Crippen LogP contribution is -2.23. The Balaban J connectivity index is 2.09. The zero-order chi connectivity index (χ0) is 12.5. The highest BCUT2D eigenvalue weighted by atomic mass is 15.1. The number of benzene rings is 1. The van der Waals surface area contributed by atoms with Crippen molar-refractivity contribution >= 4 is 11.0 Å². The Morgan fingerprint density at radius 2 is 2.00 bits per heavy atom. The number of aromatic nitrogens is 2. The molecule has 0 aliphatic heterocycles. The van der Waals surface area contributed by atoms with Crippen molar-refractivity contribution in [3.05, 3.63) is 30.1 Å². The summed E-state index contributed by atoms with van der Waals surface area (Å²) in [5.41, 5.74) is 2.47. The summed E-state index contributed by atoms with van der Waals surface area (Å²) >= 11 is 0. The summed E-state index contributed by atoms with van der Waals surface area (Å²) in [6, 6.07) is 9.22. The van der Waals surface area contributed by atoms with Crippen molar-refractivity contribution in [3.8, 4) is 0 Å². The minimum Gasteiger partial charge on any atom is -0.325 e. The fraction of sp³-hybridized carbons (Fsp3) is 0.562. The van der Waals surface area contributed by atoms with E-state index in [0.717, 1.165) is 11.4 Å². The summed E-state index contributed by atoms with van der Waals surface area (Å²) in [5, 5.41) is 0. The average molecular weight is 242 g/mol. The molecule has 0 N–H and O–H groups in total. The van der Waals surface area contributed by atoms with Crippen LogP contribution in [0.3, 0.4) is 0 Å². The lowest BCUT2D eigenvalue weighted by Gasteiger charge is -2.33. The van der Waals surface area contributed by atoms with Gasteiger partial charge in [-0.3, -0.25) is 0 Å². The van der Waals surface area contributed by atoms with E-state index in [1.54, 1.807) is 0 Å². The van der Waals surface area contributed by atoms with E-state index >= 15 is 0 Å². The molecule has 2 aromatic rings. The molecule has 18 heavy (non-hydrogen) atoms. The van der Waals surface area contributed by atoms with E-state index < -0.39 is 0 Å². The van der Waals surface area contributed by atoms with Crippen molar-refractivity contribution in [1.29, 1.82) is 0 Å². The molecule has 1 aliphatic carbocycles. The molecule has 3 rings (SSSR count). The van der Waals surface area contributed by atoms with Gasteiger partial charge in [0.15, 0.2) is 0 Å². The highest BCUT2D eigenvalue weighted by molar-refractivity contribution is 5.76. The van der Waals surface area contributed by atoms with Crippen LogP contribution in [0, 0.1) is 12.8 Å². The number of aryl methyl sites for hydroxylation is 1. The van der Waals surface area contributed by atoms with Crippen LogP contribution in [0.1, 0.15) is 50.9 Å². The largest absolute Gasteiger partial charge is 0.325 e. The second-order valence-corrected chi connectivity index (χ2v) is 5.54. The average Bonchev–Trinajstić information content (AvgIpc) is 2.74. The molecule has 2 atom stereocenters. The fourth-order valence-electron chi connectivity index (χ4n) is 3.59. The number of imidazole rings is 1. The lowest BCUT2D eigenvalue weighted by molar-refractivity contribution is 0.234. The highest BCUT2D eigenvalue weighted by Crippen LogP contribution is 2.38. The van der Waals surface area contributed by atoms with Gasteiger partial charge in [-0.25, -0.2) is 4.98 Å². The molecular formula is C16H22N2. The first-order valence-electron chi connectivity index (χ1n) is 7.25. The van der Waals surface area contributed by atoms with Gasteiger partial charge >= 0.3 is 0 Å². The van der Waals surface area contributed by atoms with Crippen LogP contribution < -0.4 is 0 Å². The summed E-state index contributed by atoms with van der Waals surface area (Å²) in [5.74, 6) is 2.01. The first-order valence-corrected chi connectivity index (χ1v) is 7.25. The Labute approximate surface area is 109 Å². The zero-order valence-electron chi connectivity index (χ0n) is 11.4. The van der Waals surface area contributed by atoms with Gasteiger partial charge in [0.1, 0.15) is 5.82 Å². The van der Waals surface area contributed by atoms with Crippen LogP contribution in [0.2, 0.25) is 0 Å². The minimum absolute atomic E-state index is 0.663. The van der Waals surface area contributed by atoms with E-state index in [1.807, 2.05) is 0 Å². The number of hydrogen-bond acceptors (Lipinski definition) is 1. The van der Waals surface area contributed by atoms with E-state index in [-0.39, 0.29) is 0 Å². The van der Waals surface area contributed by atoms with Gasteiger partial charge in [-0.1, -0.05) is 38.3 Å². The fourth-order valence-corrected chi connectivity index (χ4v) is 3.59. The molecule has 0 bridgehead atoms. The number of para-hydroxylation sites is 2. The normalized spacial score (nSPS) is 24.6. The van der Waals surface area contributed by atoms with Crippen LogP contribution in [0.5, 0.6) is 0 Å². The molecule has 1 aliphatic rings. The molecule has 0 spiro atoms. The van der Waals surface area contributed by atoms with Gasteiger partial charge in [0.05, 0.1) is 11.0 Å². The third kappa shape index (κ3) is 1.84. The number of fused-ring (bicyclic) bond motifs is 1. The first-order chi connectivity index (χ1) is 8.81. The number of rotatable bonds is 2. The van der Waals surface area contributed by atoms with Crippen LogP contribution in [0.4, 0.5) is 0 Å². The quantitative estimate of drug-likeness (QED) is 0.759. The van der Waals surface area contributed by atoms with Gasteiger partial charge in [-0.2, -0.15) is 0 Å². The van der Waals surface area contributed by atoms with Gasteiger partial charge in [0.2, 0.25) is 0 Å². The van der Waals surface area contributed by atoms with E-state index in [2.05, 4.69) is 42.7 Å². The molecule has 0 saturated heterocycles. The monoisotopic (exact) mass is 242 g/mol. The van der Waals surface area contributed by atoms with Crippen LogP contribution in [0.15, 0.2) is 24.3 Å². The van der Waals surface area contributed by atoms with Crippen molar-refractivity contribution in [3.63, 3.8) is 0 Å². The van der Waals surface area contributed by atoms with E-state index in [0.29, 0.717) is 6.04 Å². The first kappa shape index (κ1) is 11.8. The molecule has 1 aromatic carbocycles. The molecule has 2 unspecified atom stereocenters. The van der Waals surface area contributed by atoms with Gasteiger partial charge in [0.25, 0.3) is 0 Å². The van der Waals surface area contributed by atoms with Crippen molar-refractivity contribution in [2.75, 3.05) is 0 Å². The molecule has 1 fully saturated rings. The Morgan fingerprint density at radius 1 is 1.22 bits per heavy atom. The Hall–Kier alpha value is -1.31. The predicted molar refractivity (Wildman–Crippen MR) is 75.8 cm³/mol. The standard InChI is InChI=1S/C16H22N2/c1-3-13-8-4-6-10-15(13)18-12(2)17-14-9-5-7-11-16(14)18/h5,7,9,11,13,15H,3-4,6,8,10H2,1-2H3. The maximum absolute atomic E-state index is 4.72. The molecule has 2 heteroatoms.